The van der Waals surface area contributed by atoms with Gasteiger partial charge in [0.2, 0.25) is 0 Å². The Bertz CT molecular complexity index is 981. The molecule has 0 aliphatic heterocycles. The number of aryl methyl sites for hydroxylation is 1. The standard InChI is InChI=1S/C19H15ClN2O3S/c1-11-18(26-19(22-11)13-3-5-14(20)6-4-13)17(25)10-21-9-12-2-7-15(23)16(24)8-12/h2-9,23-24H,10H2,1H3. The van der Waals surface area contributed by atoms with Gasteiger partial charge < -0.3 is 10.2 Å². The van der Waals surface area contributed by atoms with Crippen LogP contribution >= 0.6 is 22.9 Å². The highest BCUT2D eigenvalue weighted by atomic mass is 35.5. The number of nitrogens with zero attached hydrogens (tertiary/aromatic N) is 2. The van der Waals surface area contributed by atoms with E-state index in [2.05, 4.69) is 9.98 Å². The Hall–Kier alpha value is -2.70. The molecule has 0 aliphatic carbocycles. The minimum atomic E-state index is -0.230. The molecular weight excluding hydrogens is 372 g/mol. The van der Waals surface area contributed by atoms with Crippen LogP contribution in [0.5, 0.6) is 11.5 Å². The van der Waals surface area contributed by atoms with Gasteiger partial charge in [0.15, 0.2) is 17.3 Å². The van der Waals surface area contributed by atoms with Crippen LogP contribution < -0.4 is 0 Å². The second kappa shape index (κ2) is 7.68. The molecule has 3 rings (SSSR count). The normalized spacial score (nSPS) is 11.2. The number of carbonyl (C=O) groups is 1. The molecule has 1 heterocycles. The van der Waals surface area contributed by atoms with Crippen molar-refractivity contribution in [2.45, 2.75) is 6.92 Å². The molecule has 0 spiro atoms. The highest BCUT2D eigenvalue weighted by Crippen LogP contribution is 2.29. The Morgan fingerprint density at radius 2 is 1.92 bits per heavy atom. The molecule has 0 atom stereocenters. The van der Waals surface area contributed by atoms with Gasteiger partial charge >= 0.3 is 0 Å². The second-order valence-corrected chi connectivity index (χ2v) is 7.02. The fourth-order valence-corrected chi connectivity index (χ4v) is 3.43. The van der Waals surface area contributed by atoms with Crippen LogP contribution in [0.3, 0.4) is 0 Å². The number of carbonyl (C=O) groups excluding carboxylic acids is 1. The van der Waals surface area contributed by atoms with E-state index in [4.69, 9.17) is 11.6 Å². The average molecular weight is 387 g/mol. The third-order valence-electron chi connectivity index (χ3n) is 3.62. The van der Waals surface area contributed by atoms with Crippen LogP contribution in [-0.4, -0.2) is 33.7 Å². The number of halogens is 1. The number of benzene rings is 2. The lowest BCUT2D eigenvalue weighted by atomic mass is 10.2. The van der Waals surface area contributed by atoms with Crippen molar-refractivity contribution >= 4 is 34.9 Å². The van der Waals surface area contributed by atoms with Gasteiger partial charge in [-0.05, 0) is 42.8 Å². The van der Waals surface area contributed by atoms with E-state index in [9.17, 15) is 15.0 Å². The van der Waals surface area contributed by atoms with E-state index >= 15 is 0 Å². The van der Waals surface area contributed by atoms with Gasteiger partial charge in [0, 0.05) is 16.8 Å². The van der Waals surface area contributed by atoms with Gasteiger partial charge in [0.1, 0.15) is 11.6 Å². The Labute approximate surface area is 159 Å². The lowest BCUT2D eigenvalue weighted by Crippen LogP contribution is -2.03. The SMILES string of the molecule is Cc1nc(-c2ccc(Cl)cc2)sc1C(=O)CN=Cc1ccc(O)c(O)c1. The van der Waals surface area contributed by atoms with E-state index in [1.54, 1.807) is 25.1 Å². The topological polar surface area (TPSA) is 82.8 Å². The number of hydrogen-bond donors (Lipinski definition) is 2. The molecule has 0 aliphatic rings. The molecule has 0 saturated carbocycles. The predicted molar refractivity (Wildman–Crippen MR) is 104 cm³/mol. The average Bonchev–Trinajstić information content (AvgIpc) is 3.00. The largest absolute Gasteiger partial charge is 0.504 e. The van der Waals surface area contributed by atoms with Crippen molar-refractivity contribution in [1.29, 1.82) is 0 Å². The van der Waals surface area contributed by atoms with Crippen molar-refractivity contribution in [1.82, 2.24) is 4.98 Å². The van der Waals surface area contributed by atoms with Crippen LogP contribution in [0.1, 0.15) is 20.9 Å². The lowest BCUT2D eigenvalue weighted by Gasteiger charge is -1.98. The number of thiazole rings is 1. The summed E-state index contributed by atoms with van der Waals surface area (Å²) in [5.41, 5.74) is 2.17. The molecule has 0 unspecified atom stereocenters. The molecule has 2 aromatic carbocycles. The van der Waals surface area contributed by atoms with E-state index in [0.717, 1.165) is 10.6 Å². The van der Waals surface area contributed by atoms with Crippen LogP contribution in [0, 0.1) is 6.92 Å². The van der Waals surface area contributed by atoms with E-state index in [-0.39, 0.29) is 23.8 Å². The Morgan fingerprint density at radius 3 is 2.62 bits per heavy atom. The third-order valence-corrected chi connectivity index (χ3v) is 5.12. The summed E-state index contributed by atoms with van der Waals surface area (Å²) in [6, 6.07) is 11.6. The van der Waals surface area contributed by atoms with Crippen LogP contribution in [0.4, 0.5) is 0 Å². The van der Waals surface area contributed by atoms with Gasteiger partial charge in [-0.3, -0.25) is 9.79 Å². The maximum atomic E-state index is 12.4. The summed E-state index contributed by atoms with van der Waals surface area (Å²) in [5, 5.41) is 20.1. The van der Waals surface area contributed by atoms with E-state index in [0.29, 0.717) is 21.2 Å². The van der Waals surface area contributed by atoms with Crippen molar-refractivity contribution in [3.8, 4) is 22.1 Å². The van der Waals surface area contributed by atoms with Crippen molar-refractivity contribution in [2.75, 3.05) is 6.54 Å². The minimum absolute atomic E-state index is 0.0231. The summed E-state index contributed by atoms with van der Waals surface area (Å²) in [6.45, 7) is 1.77. The molecule has 5 nitrogen and oxygen atoms in total. The van der Waals surface area contributed by atoms with E-state index in [1.165, 1.54) is 29.7 Å². The van der Waals surface area contributed by atoms with Gasteiger partial charge in [-0.25, -0.2) is 4.98 Å². The van der Waals surface area contributed by atoms with Crippen molar-refractivity contribution < 1.29 is 15.0 Å². The maximum absolute atomic E-state index is 12.4. The summed E-state index contributed by atoms with van der Waals surface area (Å²) in [6.07, 6.45) is 1.48. The number of hydrogen-bond acceptors (Lipinski definition) is 6. The molecule has 0 bridgehead atoms. The molecule has 7 heteroatoms. The molecule has 3 aromatic rings. The van der Waals surface area contributed by atoms with Gasteiger partial charge in [-0.1, -0.05) is 23.7 Å². The highest BCUT2D eigenvalue weighted by molar-refractivity contribution is 7.17. The van der Waals surface area contributed by atoms with Gasteiger partial charge in [0.05, 0.1) is 10.6 Å². The summed E-state index contributed by atoms with van der Waals surface area (Å²) in [7, 11) is 0. The first-order valence-electron chi connectivity index (χ1n) is 7.72. The first kappa shape index (κ1) is 18.1. The van der Waals surface area contributed by atoms with Crippen molar-refractivity contribution in [3.63, 3.8) is 0 Å². The van der Waals surface area contributed by atoms with Crippen LogP contribution in [0.25, 0.3) is 10.6 Å². The number of rotatable bonds is 5. The first-order valence-corrected chi connectivity index (χ1v) is 8.92. The molecule has 1 aromatic heterocycles. The molecule has 132 valence electrons. The van der Waals surface area contributed by atoms with Crippen LogP contribution in [-0.2, 0) is 0 Å². The number of aliphatic imine (C=N–C) groups is 1. The number of aromatic hydroxyl groups is 2. The number of phenols is 2. The Balaban J connectivity index is 1.72. The summed E-state index contributed by atoms with van der Waals surface area (Å²) < 4.78 is 0. The first-order chi connectivity index (χ1) is 12.4. The molecular formula is C19H15ClN2O3S. The lowest BCUT2D eigenvalue weighted by molar-refractivity contribution is 0.100. The van der Waals surface area contributed by atoms with E-state index < -0.39 is 0 Å². The molecule has 26 heavy (non-hydrogen) atoms. The summed E-state index contributed by atoms with van der Waals surface area (Å²) in [5.74, 6) is -0.557. The number of phenolic OH excluding ortho intramolecular Hbond substituents is 2. The smallest absolute Gasteiger partial charge is 0.196 e. The Morgan fingerprint density at radius 1 is 1.19 bits per heavy atom. The zero-order chi connectivity index (χ0) is 18.7. The zero-order valence-electron chi connectivity index (χ0n) is 13.8. The highest BCUT2D eigenvalue weighted by Gasteiger charge is 2.15. The van der Waals surface area contributed by atoms with Gasteiger partial charge in [-0.15, -0.1) is 11.3 Å². The fraction of sp³-hybridized carbons (Fsp3) is 0.105. The summed E-state index contributed by atoms with van der Waals surface area (Å²) in [4.78, 5) is 21.6. The zero-order valence-corrected chi connectivity index (χ0v) is 15.4. The quantitative estimate of drug-likeness (QED) is 0.384. The Kier molecular flexibility index (Phi) is 5.35. The number of aromatic nitrogens is 1. The van der Waals surface area contributed by atoms with Gasteiger partial charge in [0.25, 0.3) is 0 Å². The maximum Gasteiger partial charge on any atom is 0.196 e. The van der Waals surface area contributed by atoms with Crippen molar-refractivity contribution in [3.05, 3.63) is 63.6 Å². The molecule has 2 N–H and O–H groups in total. The van der Waals surface area contributed by atoms with Crippen LogP contribution in [0.15, 0.2) is 47.5 Å². The summed E-state index contributed by atoms with van der Waals surface area (Å²) >= 11 is 7.22. The van der Waals surface area contributed by atoms with E-state index in [1.807, 2.05) is 12.1 Å². The number of ketones is 1. The molecule has 0 radical (unpaired) electrons. The molecule has 0 amide bonds. The second-order valence-electron chi connectivity index (χ2n) is 5.58. The van der Waals surface area contributed by atoms with Crippen LogP contribution in [0.2, 0.25) is 5.02 Å². The van der Waals surface area contributed by atoms with Gasteiger partial charge in [-0.2, -0.15) is 0 Å². The van der Waals surface area contributed by atoms with Crippen molar-refractivity contribution in [2.24, 2.45) is 4.99 Å². The number of Topliss-reactive ketones (excluding diaryl/α,β-unsaturated/α-hetero) is 1. The predicted octanol–water partition coefficient (Wildman–Crippen LogP) is 4.48. The monoisotopic (exact) mass is 386 g/mol. The minimum Gasteiger partial charge on any atom is -0.504 e. The fourth-order valence-electron chi connectivity index (χ4n) is 2.30. The third kappa shape index (κ3) is 4.09. The molecule has 0 saturated heterocycles. The molecule has 0 fully saturated rings.